The predicted molar refractivity (Wildman–Crippen MR) is 147 cm³/mol. The molecule has 0 unspecified atom stereocenters. The summed E-state index contributed by atoms with van der Waals surface area (Å²) < 4.78 is 33.6. The van der Waals surface area contributed by atoms with E-state index in [4.69, 9.17) is 16.3 Å². The first-order valence-corrected chi connectivity index (χ1v) is 13.9. The van der Waals surface area contributed by atoms with Gasteiger partial charge < -0.3 is 9.64 Å². The van der Waals surface area contributed by atoms with E-state index in [0.29, 0.717) is 29.8 Å². The number of halogens is 1. The number of rotatable bonds is 8. The molecule has 0 saturated heterocycles. The number of benzene rings is 3. The van der Waals surface area contributed by atoms with Gasteiger partial charge >= 0.3 is 0 Å². The lowest BCUT2D eigenvalue weighted by molar-refractivity contribution is -0.385. The van der Waals surface area contributed by atoms with Crippen LogP contribution in [0.15, 0.2) is 83.9 Å². The van der Waals surface area contributed by atoms with Crippen LogP contribution in [0.4, 0.5) is 11.6 Å². The smallest absolute Gasteiger partial charge is 0.270 e. The molecule has 3 aromatic carbocycles. The third kappa shape index (κ3) is 6.03. The molecule has 1 amide bonds. The van der Waals surface area contributed by atoms with Gasteiger partial charge in [0.25, 0.3) is 21.6 Å². The standard InChI is InChI=1S/C27H22ClN5O6S/c28-20-8-10-22(11-9-20)39-17-25-24(26(34)31-40(37,38)23-7-3-6-21(14-23)33(35)36)15-29-27(30-25)32-13-12-18-4-1-2-5-19(18)16-32/h1-11,14-15H,12-13,16-17H2,(H,31,34). The van der Waals surface area contributed by atoms with Gasteiger partial charge in [-0.3, -0.25) is 14.9 Å². The van der Waals surface area contributed by atoms with Crippen LogP contribution in [0.2, 0.25) is 5.02 Å². The van der Waals surface area contributed by atoms with Gasteiger partial charge in [-0.2, -0.15) is 0 Å². The predicted octanol–water partition coefficient (Wildman–Crippen LogP) is 4.30. The maximum atomic E-state index is 13.2. The van der Waals surface area contributed by atoms with Crippen molar-refractivity contribution in [2.75, 3.05) is 11.4 Å². The van der Waals surface area contributed by atoms with Crippen molar-refractivity contribution in [2.24, 2.45) is 0 Å². The molecule has 40 heavy (non-hydrogen) atoms. The van der Waals surface area contributed by atoms with Crippen LogP contribution < -0.4 is 14.4 Å². The van der Waals surface area contributed by atoms with Crippen molar-refractivity contribution in [3.8, 4) is 5.75 Å². The molecule has 0 radical (unpaired) electrons. The molecule has 204 valence electrons. The maximum Gasteiger partial charge on any atom is 0.270 e. The molecular weight excluding hydrogens is 558 g/mol. The Balaban J connectivity index is 1.44. The summed E-state index contributed by atoms with van der Waals surface area (Å²) in [4.78, 5) is 34.0. The zero-order valence-electron chi connectivity index (χ0n) is 20.9. The van der Waals surface area contributed by atoms with Crippen molar-refractivity contribution in [1.82, 2.24) is 14.7 Å². The summed E-state index contributed by atoms with van der Waals surface area (Å²) in [6.07, 6.45) is 2.04. The Morgan fingerprint density at radius 1 is 1.07 bits per heavy atom. The highest BCUT2D eigenvalue weighted by Crippen LogP contribution is 2.24. The number of amides is 1. The number of hydrogen-bond acceptors (Lipinski definition) is 9. The number of non-ortho nitro benzene ring substituents is 1. The van der Waals surface area contributed by atoms with E-state index in [-0.39, 0.29) is 17.9 Å². The van der Waals surface area contributed by atoms with E-state index in [1.165, 1.54) is 17.8 Å². The van der Waals surface area contributed by atoms with E-state index in [9.17, 15) is 23.3 Å². The number of fused-ring (bicyclic) bond motifs is 1. The van der Waals surface area contributed by atoms with E-state index in [2.05, 4.69) is 16.0 Å². The molecule has 0 fully saturated rings. The van der Waals surface area contributed by atoms with Gasteiger partial charge in [-0.1, -0.05) is 41.9 Å². The van der Waals surface area contributed by atoms with E-state index in [0.717, 1.165) is 30.2 Å². The largest absolute Gasteiger partial charge is 0.487 e. The summed E-state index contributed by atoms with van der Waals surface area (Å²) >= 11 is 5.95. The first-order chi connectivity index (χ1) is 19.2. The zero-order valence-corrected chi connectivity index (χ0v) is 22.4. The van der Waals surface area contributed by atoms with Gasteiger partial charge in [-0.05, 0) is 47.9 Å². The van der Waals surface area contributed by atoms with E-state index >= 15 is 0 Å². The van der Waals surface area contributed by atoms with Gasteiger partial charge in [0.2, 0.25) is 5.95 Å². The molecule has 2 heterocycles. The number of nitro groups is 1. The topological polar surface area (TPSA) is 145 Å². The molecule has 11 nitrogen and oxygen atoms in total. The summed E-state index contributed by atoms with van der Waals surface area (Å²) in [5.74, 6) is -0.175. The molecule has 13 heteroatoms. The van der Waals surface area contributed by atoms with Crippen LogP contribution in [0, 0.1) is 10.1 Å². The Hall–Kier alpha value is -4.55. The minimum atomic E-state index is -4.44. The summed E-state index contributed by atoms with van der Waals surface area (Å²) in [7, 11) is -4.44. The zero-order chi connectivity index (χ0) is 28.3. The first-order valence-electron chi connectivity index (χ1n) is 12.1. The number of aromatic nitrogens is 2. The van der Waals surface area contributed by atoms with Crippen molar-refractivity contribution in [1.29, 1.82) is 0 Å². The third-order valence-electron chi connectivity index (χ3n) is 6.27. The van der Waals surface area contributed by atoms with Crippen molar-refractivity contribution in [3.63, 3.8) is 0 Å². The van der Waals surface area contributed by atoms with Gasteiger partial charge in [0.15, 0.2) is 0 Å². The molecule has 5 rings (SSSR count). The van der Waals surface area contributed by atoms with E-state index in [1.807, 2.05) is 27.8 Å². The molecule has 0 saturated carbocycles. The fourth-order valence-corrected chi connectivity index (χ4v) is 5.34. The quantitative estimate of drug-likeness (QED) is 0.238. The fraction of sp³-hybridized carbons (Fsp3) is 0.148. The lowest BCUT2D eigenvalue weighted by Gasteiger charge is -2.29. The molecule has 0 spiro atoms. The number of nitrogens with zero attached hydrogens (tertiary/aromatic N) is 4. The number of sulfonamides is 1. The maximum absolute atomic E-state index is 13.2. The lowest BCUT2D eigenvalue weighted by Crippen LogP contribution is -2.34. The van der Waals surface area contributed by atoms with Crippen LogP contribution >= 0.6 is 11.6 Å². The Kier molecular flexibility index (Phi) is 7.63. The second-order valence-electron chi connectivity index (χ2n) is 8.90. The molecular formula is C27H22ClN5O6S. The van der Waals surface area contributed by atoms with E-state index in [1.54, 1.807) is 24.3 Å². The average Bonchev–Trinajstić information content (AvgIpc) is 2.96. The summed E-state index contributed by atoms with van der Waals surface area (Å²) in [6.45, 7) is 1.06. The number of hydrogen-bond donors (Lipinski definition) is 1. The lowest BCUT2D eigenvalue weighted by atomic mass is 10.0. The molecule has 1 N–H and O–H groups in total. The molecule has 0 atom stereocenters. The Morgan fingerprint density at radius 2 is 1.82 bits per heavy atom. The van der Waals surface area contributed by atoms with Crippen molar-refractivity contribution >= 4 is 39.2 Å². The van der Waals surface area contributed by atoms with Gasteiger partial charge in [0.05, 0.1) is 21.1 Å². The molecule has 4 aromatic rings. The minimum absolute atomic E-state index is 0.121. The first kappa shape index (κ1) is 27.0. The summed E-state index contributed by atoms with van der Waals surface area (Å²) in [5.41, 5.74) is 1.99. The molecule has 1 aliphatic heterocycles. The van der Waals surface area contributed by atoms with Crippen LogP contribution in [0.1, 0.15) is 27.2 Å². The number of nitrogens with one attached hydrogen (secondary N) is 1. The Labute approximate surface area is 234 Å². The monoisotopic (exact) mass is 579 g/mol. The minimum Gasteiger partial charge on any atom is -0.487 e. The molecule has 1 aliphatic rings. The Bertz CT molecular complexity index is 1700. The molecule has 0 aliphatic carbocycles. The van der Waals surface area contributed by atoms with Crippen LogP contribution in [0.3, 0.4) is 0 Å². The van der Waals surface area contributed by atoms with Gasteiger partial charge in [-0.25, -0.2) is 23.1 Å². The molecule has 1 aromatic heterocycles. The van der Waals surface area contributed by atoms with E-state index < -0.39 is 31.4 Å². The van der Waals surface area contributed by atoms with Crippen molar-refractivity contribution < 1.29 is 22.9 Å². The van der Waals surface area contributed by atoms with Crippen LogP contribution in [-0.2, 0) is 29.6 Å². The van der Waals surface area contributed by atoms with Crippen LogP contribution in [-0.4, -0.2) is 35.8 Å². The summed E-state index contributed by atoms with van der Waals surface area (Å²) in [5, 5.41) is 11.6. The van der Waals surface area contributed by atoms with Crippen LogP contribution in [0.25, 0.3) is 0 Å². The third-order valence-corrected chi connectivity index (χ3v) is 7.85. The molecule has 0 bridgehead atoms. The number of carbonyl (C=O) groups excluding carboxylic acids is 1. The van der Waals surface area contributed by atoms with Crippen molar-refractivity contribution in [3.05, 3.63) is 117 Å². The second kappa shape index (κ2) is 11.3. The van der Waals surface area contributed by atoms with Gasteiger partial charge in [0, 0.05) is 36.4 Å². The number of carbonyl (C=O) groups is 1. The average molecular weight is 580 g/mol. The van der Waals surface area contributed by atoms with Crippen molar-refractivity contribution in [2.45, 2.75) is 24.5 Å². The highest BCUT2D eigenvalue weighted by Gasteiger charge is 2.25. The number of nitro benzene ring substituents is 1. The van der Waals surface area contributed by atoms with Gasteiger partial charge in [-0.15, -0.1) is 0 Å². The summed E-state index contributed by atoms with van der Waals surface area (Å²) in [6, 6.07) is 19.1. The number of ether oxygens (including phenoxy) is 1. The second-order valence-corrected chi connectivity index (χ2v) is 11.0. The van der Waals surface area contributed by atoms with Crippen LogP contribution in [0.5, 0.6) is 5.75 Å². The highest BCUT2D eigenvalue weighted by molar-refractivity contribution is 7.90. The number of anilines is 1. The SMILES string of the molecule is O=C(NS(=O)(=O)c1cccc([N+](=O)[O-])c1)c1cnc(N2CCc3ccccc3C2)nc1COc1ccc(Cl)cc1. The fourth-order valence-electron chi connectivity index (χ4n) is 4.21. The highest BCUT2D eigenvalue weighted by atomic mass is 35.5. The Morgan fingerprint density at radius 3 is 2.58 bits per heavy atom. The normalized spacial score (nSPS) is 12.9. The van der Waals surface area contributed by atoms with Gasteiger partial charge in [0.1, 0.15) is 12.4 Å².